The molecule has 2 aliphatic rings. The van der Waals surface area contributed by atoms with Crippen LogP contribution in [0.5, 0.6) is 0 Å². The van der Waals surface area contributed by atoms with Crippen LogP contribution in [0.1, 0.15) is 40.0 Å². The van der Waals surface area contributed by atoms with E-state index in [1.54, 1.807) is 4.90 Å². The van der Waals surface area contributed by atoms with Crippen molar-refractivity contribution >= 4 is 11.8 Å². The number of amides is 2. The molecule has 114 valence electrons. The van der Waals surface area contributed by atoms with Gasteiger partial charge in [0.15, 0.2) is 0 Å². The lowest BCUT2D eigenvalue weighted by molar-refractivity contribution is -0.870. The van der Waals surface area contributed by atoms with Gasteiger partial charge in [0.1, 0.15) is 0 Å². The molecule has 1 saturated carbocycles. The van der Waals surface area contributed by atoms with Gasteiger partial charge in [0.05, 0.1) is 33.1 Å². The number of carbonyl (C=O) groups is 2. The van der Waals surface area contributed by atoms with E-state index in [0.717, 1.165) is 30.3 Å². The van der Waals surface area contributed by atoms with Crippen LogP contribution in [0, 0.1) is 16.7 Å². The lowest BCUT2D eigenvalue weighted by Gasteiger charge is -2.47. The van der Waals surface area contributed by atoms with E-state index in [0.29, 0.717) is 6.54 Å². The summed E-state index contributed by atoms with van der Waals surface area (Å²) in [7, 11) is 6.40. The molecule has 0 aromatic carbocycles. The van der Waals surface area contributed by atoms with Crippen molar-refractivity contribution in [2.45, 2.75) is 40.0 Å². The van der Waals surface area contributed by atoms with Gasteiger partial charge >= 0.3 is 0 Å². The number of hydrogen-bond acceptors (Lipinski definition) is 2. The largest absolute Gasteiger partial charge is 0.331 e. The maximum atomic E-state index is 12.8. The molecule has 0 radical (unpaired) electrons. The zero-order valence-electron chi connectivity index (χ0n) is 13.8. The average molecular weight is 281 g/mol. The normalized spacial score (nSPS) is 32.9. The van der Waals surface area contributed by atoms with E-state index < -0.39 is 0 Å². The van der Waals surface area contributed by atoms with Crippen LogP contribution in [0.3, 0.4) is 0 Å². The highest BCUT2D eigenvalue weighted by Crippen LogP contribution is 2.59. The first-order valence-electron chi connectivity index (χ1n) is 7.67. The van der Waals surface area contributed by atoms with Crippen molar-refractivity contribution in [3.8, 4) is 0 Å². The lowest BCUT2D eigenvalue weighted by Crippen LogP contribution is -2.59. The number of imide groups is 1. The molecule has 2 atom stereocenters. The Hall–Kier alpha value is -0.900. The number of fused-ring (bicyclic) bond motifs is 2. The molecular weight excluding hydrogens is 252 g/mol. The molecule has 2 bridgehead atoms. The SMILES string of the molecule is CC1(C)[C@H]2CC[C@@]1(C)C(=O)N(CCC[N+](C)(C)C)C2=O. The number of rotatable bonds is 4. The van der Waals surface area contributed by atoms with Crippen molar-refractivity contribution in [3.05, 3.63) is 0 Å². The van der Waals surface area contributed by atoms with Gasteiger partial charge in [-0.25, -0.2) is 0 Å². The second-order valence-corrected chi connectivity index (χ2v) is 8.31. The summed E-state index contributed by atoms with van der Waals surface area (Å²) in [5.41, 5.74) is -0.556. The van der Waals surface area contributed by atoms with Gasteiger partial charge in [-0.3, -0.25) is 14.5 Å². The Morgan fingerprint density at radius 1 is 1.20 bits per heavy atom. The minimum Gasteiger partial charge on any atom is -0.331 e. The van der Waals surface area contributed by atoms with Gasteiger partial charge in [-0.2, -0.15) is 0 Å². The highest BCUT2D eigenvalue weighted by Gasteiger charge is 2.64. The number of likely N-dealkylation sites (tertiary alicyclic amines) is 1. The number of nitrogens with zero attached hydrogens (tertiary/aromatic N) is 2. The molecule has 1 saturated heterocycles. The van der Waals surface area contributed by atoms with E-state index in [1.807, 2.05) is 0 Å². The molecule has 0 unspecified atom stereocenters. The van der Waals surface area contributed by atoms with Crippen LogP contribution < -0.4 is 0 Å². The molecule has 1 aliphatic heterocycles. The standard InChI is InChI=1S/C16H29N2O2/c1-15(2)12-8-9-16(15,3)14(20)17(13(12)19)10-7-11-18(4,5)6/h12H,7-11H2,1-6H3/q+1/t12-,16-/m0/s1. The molecule has 0 N–H and O–H groups in total. The topological polar surface area (TPSA) is 37.4 Å². The van der Waals surface area contributed by atoms with Gasteiger partial charge < -0.3 is 4.48 Å². The van der Waals surface area contributed by atoms with Crippen LogP contribution in [-0.2, 0) is 9.59 Å². The van der Waals surface area contributed by atoms with E-state index in [9.17, 15) is 9.59 Å². The summed E-state index contributed by atoms with van der Waals surface area (Å²) >= 11 is 0. The van der Waals surface area contributed by atoms with Crippen LogP contribution in [0.2, 0.25) is 0 Å². The smallest absolute Gasteiger partial charge is 0.235 e. The van der Waals surface area contributed by atoms with Gasteiger partial charge in [0.25, 0.3) is 0 Å². The Labute approximate surface area is 122 Å². The zero-order valence-corrected chi connectivity index (χ0v) is 13.8. The summed E-state index contributed by atoms with van der Waals surface area (Å²) in [4.78, 5) is 26.9. The van der Waals surface area contributed by atoms with Gasteiger partial charge in [-0.15, -0.1) is 0 Å². The Bertz CT molecular complexity index is 436. The Balaban J connectivity index is 2.13. The van der Waals surface area contributed by atoms with Crippen LogP contribution in [-0.4, -0.2) is 55.4 Å². The Morgan fingerprint density at radius 3 is 2.35 bits per heavy atom. The molecule has 4 heteroatoms. The lowest BCUT2D eigenvalue weighted by atomic mass is 9.62. The zero-order chi connectivity index (χ0) is 15.3. The van der Waals surface area contributed by atoms with Crippen LogP contribution in [0.25, 0.3) is 0 Å². The summed E-state index contributed by atoms with van der Waals surface area (Å²) in [5, 5.41) is 0. The summed E-state index contributed by atoms with van der Waals surface area (Å²) in [6.45, 7) is 7.78. The van der Waals surface area contributed by atoms with Crippen molar-refractivity contribution in [1.29, 1.82) is 0 Å². The highest BCUT2D eigenvalue weighted by atomic mass is 16.2. The molecule has 2 rings (SSSR count). The van der Waals surface area contributed by atoms with Gasteiger partial charge in [-0.1, -0.05) is 20.8 Å². The fourth-order valence-electron chi connectivity index (χ4n) is 3.82. The van der Waals surface area contributed by atoms with E-state index in [2.05, 4.69) is 41.9 Å². The molecule has 0 aromatic rings. The molecule has 1 heterocycles. The summed E-state index contributed by atoms with van der Waals surface area (Å²) in [6, 6.07) is 0. The predicted octanol–water partition coefficient (Wildman–Crippen LogP) is 1.89. The van der Waals surface area contributed by atoms with Gasteiger partial charge in [0, 0.05) is 18.9 Å². The quantitative estimate of drug-likeness (QED) is 0.583. The fraction of sp³-hybridized carbons (Fsp3) is 0.875. The molecule has 4 nitrogen and oxygen atoms in total. The molecule has 0 spiro atoms. The number of hydrogen-bond donors (Lipinski definition) is 0. The van der Waals surface area contributed by atoms with Crippen LogP contribution in [0.4, 0.5) is 0 Å². The first-order chi connectivity index (χ1) is 9.01. The number of quaternary nitrogens is 1. The molecule has 2 fully saturated rings. The third kappa shape index (κ3) is 2.18. The third-order valence-corrected chi connectivity index (χ3v) is 5.72. The maximum Gasteiger partial charge on any atom is 0.235 e. The van der Waals surface area contributed by atoms with Gasteiger partial charge in [0.2, 0.25) is 11.8 Å². The van der Waals surface area contributed by atoms with Crippen molar-refractivity contribution in [3.63, 3.8) is 0 Å². The summed E-state index contributed by atoms with van der Waals surface area (Å²) < 4.78 is 0.864. The van der Waals surface area contributed by atoms with E-state index >= 15 is 0 Å². The number of carbonyl (C=O) groups excluding carboxylic acids is 2. The molecule has 20 heavy (non-hydrogen) atoms. The monoisotopic (exact) mass is 281 g/mol. The summed E-state index contributed by atoms with van der Waals surface area (Å²) in [6.07, 6.45) is 2.59. The maximum absolute atomic E-state index is 12.8. The second-order valence-electron chi connectivity index (χ2n) is 8.31. The molecule has 0 aromatic heterocycles. The van der Waals surface area contributed by atoms with Crippen LogP contribution in [0.15, 0.2) is 0 Å². The minimum atomic E-state index is -0.359. The van der Waals surface area contributed by atoms with Crippen molar-refractivity contribution < 1.29 is 14.1 Å². The van der Waals surface area contributed by atoms with E-state index in [-0.39, 0.29) is 28.6 Å². The summed E-state index contributed by atoms with van der Waals surface area (Å²) in [5.74, 6) is 0.147. The predicted molar refractivity (Wildman–Crippen MR) is 78.8 cm³/mol. The van der Waals surface area contributed by atoms with Crippen LogP contribution >= 0.6 is 0 Å². The first kappa shape index (κ1) is 15.5. The second kappa shape index (κ2) is 4.55. The van der Waals surface area contributed by atoms with Crippen molar-refractivity contribution in [2.75, 3.05) is 34.2 Å². The Morgan fingerprint density at radius 2 is 1.80 bits per heavy atom. The van der Waals surface area contributed by atoms with E-state index in [1.165, 1.54) is 0 Å². The molecular formula is C16H29N2O2+. The van der Waals surface area contributed by atoms with E-state index in [4.69, 9.17) is 0 Å². The van der Waals surface area contributed by atoms with Crippen molar-refractivity contribution in [2.24, 2.45) is 16.7 Å². The average Bonchev–Trinajstić information content (AvgIpc) is 2.48. The highest BCUT2D eigenvalue weighted by molar-refractivity contribution is 6.03. The van der Waals surface area contributed by atoms with Crippen molar-refractivity contribution in [1.82, 2.24) is 4.90 Å². The molecule has 1 aliphatic carbocycles. The third-order valence-electron chi connectivity index (χ3n) is 5.72. The van der Waals surface area contributed by atoms with Gasteiger partial charge in [-0.05, 0) is 18.3 Å². The minimum absolute atomic E-state index is 0.0225. The fourth-order valence-corrected chi connectivity index (χ4v) is 3.82. The Kier molecular flexibility index (Phi) is 3.52. The number of piperidine rings is 1. The first-order valence-corrected chi connectivity index (χ1v) is 7.67. The molecule has 2 amide bonds.